The average Bonchev–Trinajstić information content (AvgIpc) is 3.75. The molecule has 3 nitrogen and oxygen atoms in total. The van der Waals surface area contributed by atoms with Gasteiger partial charge in [0.2, 0.25) is 0 Å². The molecule has 10 rings (SSSR count). The SMILES string of the molecule is C1=CC2SC3=C(CC(c4ccccc4-c4ccccn4)C=C3)C2C=C1c1ccc2oc3ccc(-c4ccccc4-c4ccccn4)cc3c2c1. The van der Waals surface area contributed by atoms with Crippen LogP contribution in [-0.4, -0.2) is 15.2 Å². The fourth-order valence-electron chi connectivity index (χ4n) is 7.94. The first-order valence-corrected chi connectivity index (χ1v) is 18.1. The maximum Gasteiger partial charge on any atom is 0.135 e. The molecule has 4 heteroatoms. The summed E-state index contributed by atoms with van der Waals surface area (Å²) in [4.78, 5) is 10.8. The molecular formula is C46H32N2OS. The molecule has 0 amide bonds. The number of aromatic nitrogens is 2. The third-order valence-electron chi connectivity index (χ3n) is 10.4. The molecule has 0 spiro atoms. The van der Waals surface area contributed by atoms with E-state index in [1.807, 2.05) is 42.4 Å². The van der Waals surface area contributed by atoms with Crippen LogP contribution in [0.5, 0.6) is 0 Å². The monoisotopic (exact) mass is 660 g/mol. The first-order valence-electron chi connectivity index (χ1n) is 17.2. The van der Waals surface area contributed by atoms with Gasteiger partial charge in [-0.25, -0.2) is 0 Å². The molecule has 4 aromatic carbocycles. The van der Waals surface area contributed by atoms with Gasteiger partial charge in [-0.05, 0) is 88.4 Å². The standard InChI is InChI=1S/C46H32N2OS/c1-3-11-35(41-13-5-7-23-47-41)33(9-1)31-16-20-44-38(27-31)37-25-29(15-19-43(37)49-44)30-17-21-45-39(26-30)40-28-32(18-22-46(40)50-45)34-10-2-4-12-36(34)42-14-6-8-24-48-42/h1-27,32,39,45H,28H2. The van der Waals surface area contributed by atoms with Gasteiger partial charge in [-0.15, -0.1) is 11.8 Å². The van der Waals surface area contributed by atoms with Crippen molar-refractivity contribution in [2.75, 3.05) is 0 Å². The summed E-state index contributed by atoms with van der Waals surface area (Å²) in [5.74, 6) is 0.690. The molecule has 7 aromatic rings. The minimum atomic E-state index is 0.319. The highest BCUT2D eigenvalue weighted by molar-refractivity contribution is 8.04. The van der Waals surface area contributed by atoms with E-state index < -0.39 is 0 Å². The third-order valence-corrected chi connectivity index (χ3v) is 11.7. The van der Waals surface area contributed by atoms with Gasteiger partial charge in [0.05, 0.1) is 11.4 Å². The van der Waals surface area contributed by atoms with Crippen LogP contribution in [0.4, 0.5) is 0 Å². The highest BCUT2D eigenvalue weighted by Gasteiger charge is 2.36. The molecule has 0 bridgehead atoms. The van der Waals surface area contributed by atoms with E-state index in [4.69, 9.17) is 4.42 Å². The normalized spacial score (nSPS) is 19.5. The molecule has 0 radical (unpaired) electrons. The number of thioether (sulfide) groups is 1. The average molecular weight is 661 g/mol. The van der Waals surface area contributed by atoms with Gasteiger partial charge in [0.25, 0.3) is 0 Å². The van der Waals surface area contributed by atoms with Crippen LogP contribution >= 0.6 is 11.8 Å². The van der Waals surface area contributed by atoms with Crippen molar-refractivity contribution in [2.45, 2.75) is 17.6 Å². The lowest BCUT2D eigenvalue weighted by Crippen LogP contribution is -2.15. The highest BCUT2D eigenvalue weighted by Crippen LogP contribution is 2.53. The summed E-state index contributed by atoms with van der Waals surface area (Å²) in [6, 6.07) is 42.7. The number of pyridine rings is 2. The predicted molar refractivity (Wildman–Crippen MR) is 208 cm³/mol. The topological polar surface area (TPSA) is 38.9 Å². The van der Waals surface area contributed by atoms with Gasteiger partial charge in [-0.2, -0.15) is 0 Å². The Balaban J connectivity index is 0.989. The quantitative estimate of drug-likeness (QED) is 0.184. The first-order chi connectivity index (χ1) is 24.8. The van der Waals surface area contributed by atoms with Gasteiger partial charge in [-0.3, -0.25) is 9.97 Å². The van der Waals surface area contributed by atoms with Crippen molar-refractivity contribution in [3.8, 4) is 33.6 Å². The zero-order chi connectivity index (χ0) is 33.0. The summed E-state index contributed by atoms with van der Waals surface area (Å²) in [6.45, 7) is 0. The Bertz CT molecular complexity index is 2560. The van der Waals surface area contributed by atoms with Gasteiger partial charge in [0.1, 0.15) is 11.2 Å². The van der Waals surface area contributed by atoms with E-state index in [1.54, 1.807) is 5.57 Å². The van der Waals surface area contributed by atoms with Crippen molar-refractivity contribution in [3.63, 3.8) is 0 Å². The van der Waals surface area contributed by atoms with Crippen LogP contribution < -0.4 is 0 Å². The van der Waals surface area contributed by atoms with Crippen LogP contribution in [0.3, 0.4) is 0 Å². The number of rotatable bonds is 5. The van der Waals surface area contributed by atoms with Crippen LogP contribution in [0, 0.1) is 5.92 Å². The van der Waals surface area contributed by atoms with Crippen LogP contribution in [0.2, 0.25) is 0 Å². The minimum absolute atomic E-state index is 0.319. The molecular weight excluding hydrogens is 629 g/mol. The predicted octanol–water partition coefficient (Wildman–Crippen LogP) is 12.1. The summed E-state index contributed by atoms with van der Waals surface area (Å²) in [6.07, 6.45) is 16.8. The lowest BCUT2D eigenvalue weighted by molar-refractivity contribution is 0.669. The minimum Gasteiger partial charge on any atom is -0.456 e. The second kappa shape index (κ2) is 12.0. The molecule has 3 aliphatic rings. The number of hydrogen-bond donors (Lipinski definition) is 0. The smallest absolute Gasteiger partial charge is 0.135 e. The van der Waals surface area contributed by atoms with E-state index in [9.17, 15) is 0 Å². The molecule has 0 saturated carbocycles. The molecule has 238 valence electrons. The third kappa shape index (κ3) is 4.98. The Labute approximate surface area is 295 Å². The van der Waals surface area contributed by atoms with Gasteiger partial charge < -0.3 is 4.42 Å². The number of hydrogen-bond acceptors (Lipinski definition) is 4. The summed E-state index contributed by atoms with van der Waals surface area (Å²) in [7, 11) is 0. The number of fused-ring (bicyclic) bond motifs is 5. The Morgan fingerprint density at radius 3 is 2.02 bits per heavy atom. The fourth-order valence-corrected chi connectivity index (χ4v) is 9.31. The Morgan fingerprint density at radius 1 is 0.600 bits per heavy atom. The maximum absolute atomic E-state index is 6.36. The van der Waals surface area contributed by atoms with Crippen LogP contribution in [0.25, 0.3) is 61.2 Å². The van der Waals surface area contributed by atoms with E-state index in [0.29, 0.717) is 17.1 Å². The lowest BCUT2D eigenvalue weighted by Gasteiger charge is -2.26. The number of allylic oxidation sites excluding steroid dienone is 6. The Kier molecular flexibility index (Phi) is 7.02. The zero-order valence-electron chi connectivity index (χ0n) is 27.2. The second-order valence-electron chi connectivity index (χ2n) is 13.2. The van der Waals surface area contributed by atoms with Crippen molar-refractivity contribution < 1.29 is 4.42 Å². The molecule has 4 heterocycles. The summed E-state index contributed by atoms with van der Waals surface area (Å²) in [5.41, 5.74) is 13.9. The maximum atomic E-state index is 6.36. The summed E-state index contributed by atoms with van der Waals surface area (Å²) in [5, 5.41) is 2.69. The van der Waals surface area contributed by atoms with Crippen molar-refractivity contribution >= 4 is 39.3 Å². The van der Waals surface area contributed by atoms with Crippen LogP contribution in [0.15, 0.2) is 179 Å². The first kappa shape index (κ1) is 29.2. The Morgan fingerprint density at radius 2 is 1.26 bits per heavy atom. The van der Waals surface area contributed by atoms with Crippen molar-refractivity contribution in [2.24, 2.45) is 5.92 Å². The largest absolute Gasteiger partial charge is 0.456 e. The van der Waals surface area contributed by atoms with Crippen molar-refractivity contribution in [1.29, 1.82) is 0 Å². The summed E-state index contributed by atoms with van der Waals surface area (Å²) >= 11 is 2.01. The lowest BCUT2D eigenvalue weighted by atomic mass is 9.78. The molecule has 3 aromatic heterocycles. The van der Waals surface area contributed by atoms with Crippen LogP contribution in [-0.2, 0) is 0 Å². The molecule has 0 N–H and O–H groups in total. The van der Waals surface area contributed by atoms with E-state index in [2.05, 4.69) is 143 Å². The molecule has 0 saturated heterocycles. The number of benzene rings is 4. The molecule has 0 fully saturated rings. The number of nitrogens with zero attached hydrogens (tertiary/aromatic N) is 2. The molecule has 50 heavy (non-hydrogen) atoms. The Hall–Kier alpha value is -5.71. The molecule has 3 unspecified atom stereocenters. The van der Waals surface area contributed by atoms with E-state index in [0.717, 1.165) is 56.4 Å². The summed E-state index contributed by atoms with van der Waals surface area (Å²) < 4.78 is 6.36. The van der Waals surface area contributed by atoms with Crippen LogP contribution in [0.1, 0.15) is 23.5 Å². The molecule has 1 aliphatic heterocycles. The van der Waals surface area contributed by atoms with E-state index in [1.165, 1.54) is 27.2 Å². The van der Waals surface area contributed by atoms with Gasteiger partial charge in [0, 0.05) is 56.3 Å². The molecule has 2 aliphatic carbocycles. The van der Waals surface area contributed by atoms with Gasteiger partial charge in [-0.1, -0.05) is 103 Å². The van der Waals surface area contributed by atoms with E-state index >= 15 is 0 Å². The second-order valence-corrected chi connectivity index (χ2v) is 14.5. The zero-order valence-corrected chi connectivity index (χ0v) is 28.1. The highest BCUT2D eigenvalue weighted by atomic mass is 32.2. The van der Waals surface area contributed by atoms with E-state index in [-0.39, 0.29) is 0 Å². The fraction of sp³-hybridized carbons (Fsp3) is 0.0870. The number of furan rings is 1. The van der Waals surface area contributed by atoms with Crippen molar-refractivity contribution in [1.82, 2.24) is 9.97 Å². The van der Waals surface area contributed by atoms with Gasteiger partial charge in [0.15, 0.2) is 0 Å². The van der Waals surface area contributed by atoms with Gasteiger partial charge >= 0.3 is 0 Å². The van der Waals surface area contributed by atoms with Crippen molar-refractivity contribution in [3.05, 3.63) is 186 Å². The molecule has 3 atom stereocenters.